The Balaban J connectivity index is 2.68. The summed E-state index contributed by atoms with van der Waals surface area (Å²) in [5.41, 5.74) is 0.770. The van der Waals surface area contributed by atoms with Crippen molar-refractivity contribution in [3.8, 4) is 0 Å². The van der Waals surface area contributed by atoms with Crippen LogP contribution in [0.5, 0.6) is 0 Å². The maximum atomic E-state index is 11.7. The van der Waals surface area contributed by atoms with Crippen LogP contribution in [0.4, 0.5) is 4.79 Å². The number of nitrogens with one attached hydrogen (secondary N) is 2. The molecular weight excluding hydrogens is 252 g/mol. The summed E-state index contributed by atoms with van der Waals surface area (Å²) in [5.74, 6) is -1.87. The van der Waals surface area contributed by atoms with Crippen molar-refractivity contribution in [2.45, 2.75) is 12.5 Å². The van der Waals surface area contributed by atoms with Gasteiger partial charge in [-0.05, 0) is 5.56 Å². The molecule has 1 aromatic rings. The topological polar surface area (TPSA) is 116 Å². The van der Waals surface area contributed by atoms with Crippen LogP contribution in [0.2, 0.25) is 0 Å². The number of carboxylic acids is 1. The molecule has 19 heavy (non-hydrogen) atoms. The van der Waals surface area contributed by atoms with Crippen molar-refractivity contribution in [3.63, 3.8) is 0 Å². The third kappa shape index (κ3) is 5.53. The molecule has 0 aliphatic carbocycles. The van der Waals surface area contributed by atoms with Crippen molar-refractivity contribution in [2.75, 3.05) is 6.54 Å². The Labute approximate surface area is 109 Å². The van der Waals surface area contributed by atoms with E-state index in [4.69, 9.17) is 10.2 Å². The van der Waals surface area contributed by atoms with Gasteiger partial charge in [0.15, 0.2) is 0 Å². The molecule has 0 bridgehead atoms. The summed E-state index contributed by atoms with van der Waals surface area (Å²) in [4.78, 5) is 32.7. The Kier molecular flexibility index (Phi) is 5.34. The molecule has 0 aliphatic heterocycles. The fraction of sp³-hybridized carbons (Fsp3) is 0.250. The van der Waals surface area contributed by atoms with Crippen LogP contribution < -0.4 is 10.6 Å². The fourth-order valence-corrected chi connectivity index (χ4v) is 1.49. The second-order valence-electron chi connectivity index (χ2n) is 3.80. The summed E-state index contributed by atoms with van der Waals surface area (Å²) < 4.78 is 0. The average Bonchev–Trinajstić information content (AvgIpc) is 2.36. The molecule has 0 unspecified atom stereocenters. The first-order chi connectivity index (χ1) is 8.99. The number of carbonyl (C=O) groups is 3. The molecular formula is C12H14N2O5. The first-order valence-electron chi connectivity index (χ1n) is 5.52. The quantitative estimate of drug-likeness (QED) is 0.581. The molecule has 0 spiro atoms. The molecule has 0 heterocycles. The first-order valence-corrected chi connectivity index (χ1v) is 5.52. The predicted molar refractivity (Wildman–Crippen MR) is 65.7 cm³/mol. The van der Waals surface area contributed by atoms with Gasteiger partial charge in [-0.2, -0.15) is 0 Å². The van der Waals surface area contributed by atoms with Gasteiger partial charge in [0.1, 0.15) is 12.6 Å². The molecule has 0 aromatic heterocycles. The largest absolute Gasteiger partial charge is 0.480 e. The SMILES string of the molecule is O=C(O)CNC(=O)[C@H](Cc1ccccc1)NC(=O)O. The number of rotatable bonds is 6. The minimum atomic E-state index is -1.34. The van der Waals surface area contributed by atoms with Crippen LogP contribution >= 0.6 is 0 Å². The lowest BCUT2D eigenvalue weighted by atomic mass is 10.1. The minimum absolute atomic E-state index is 0.151. The van der Waals surface area contributed by atoms with Gasteiger partial charge in [0.2, 0.25) is 5.91 Å². The lowest BCUT2D eigenvalue weighted by molar-refractivity contribution is -0.138. The van der Waals surface area contributed by atoms with Crippen LogP contribution in [-0.4, -0.2) is 40.8 Å². The van der Waals surface area contributed by atoms with E-state index in [1.54, 1.807) is 30.3 Å². The van der Waals surface area contributed by atoms with E-state index in [9.17, 15) is 14.4 Å². The van der Waals surface area contributed by atoms with Crippen molar-refractivity contribution in [1.82, 2.24) is 10.6 Å². The molecule has 0 aliphatic rings. The second-order valence-corrected chi connectivity index (χ2v) is 3.80. The van der Waals surface area contributed by atoms with Gasteiger partial charge in [0.25, 0.3) is 0 Å². The monoisotopic (exact) mass is 266 g/mol. The highest BCUT2D eigenvalue weighted by molar-refractivity contribution is 5.87. The zero-order valence-corrected chi connectivity index (χ0v) is 10.00. The second kappa shape index (κ2) is 7.00. The molecule has 0 fully saturated rings. The smallest absolute Gasteiger partial charge is 0.405 e. The number of hydrogen-bond donors (Lipinski definition) is 4. The van der Waals surface area contributed by atoms with E-state index in [0.29, 0.717) is 0 Å². The predicted octanol–water partition coefficient (Wildman–Crippen LogP) is 0.0661. The highest BCUT2D eigenvalue weighted by Crippen LogP contribution is 2.03. The molecule has 7 heteroatoms. The molecule has 7 nitrogen and oxygen atoms in total. The molecule has 2 amide bonds. The Morgan fingerprint density at radius 1 is 1.11 bits per heavy atom. The van der Waals surface area contributed by atoms with Crippen LogP contribution in [0.1, 0.15) is 5.56 Å². The fourth-order valence-electron chi connectivity index (χ4n) is 1.49. The van der Waals surface area contributed by atoms with Gasteiger partial charge in [-0.25, -0.2) is 4.79 Å². The third-order valence-corrected chi connectivity index (χ3v) is 2.31. The minimum Gasteiger partial charge on any atom is -0.480 e. The van der Waals surface area contributed by atoms with Gasteiger partial charge in [-0.15, -0.1) is 0 Å². The lowest BCUT2D eigenvalue weighted by Gasteiger charge is -2.16. The number of hydrogen-bond acceptors (Lipinski definition) is 3. The van der Waals surface area contributed by atoms with Gasteiger partial charge in [0, 0.05) is 6.42 Å². The maximum absolute atomic E-state index is 11.7. The van der Waals surface area contributed by atoms with E-state index in [-0.39, 0.29) is 6.42 Å². The van der Waals surface area contributed by atoms with Crippen molar-refractivity contribution < 1.29 is 24.6 Å². The van der Waals surface area contributed by atoms with Gasteiger partial charge < -0.3 is 20.8 Å². The van der Waals surface area contributed by atoms with E-state index in [2.05, 4.69) is 10.6 Å². The van der Waals surface area contributed by atoms with Gasteiger partial charge in [-0.3, -0.25) is 9.59 Å². The first kappa shape index (κ1) is 14.5. The zero-order valence-electron chi connectivity index (χ0n) is 10.00. The van der Waals surface area contributed by atoms with Crippen molar-refractivity contribution >= 4 is 18.0 Å². The molecule has 102 valence electrons. The van der Waals surface area contributed by atoms with Crippen LogP contribution in [0, 0.1) is 0 Å². The van der Waals surface area contributed by atoms with E-state index in [0.717, 1.165) is 5.56 Å². The van der Waals surface area contributed by atoms with Gasteiger partial charge >= 0.3 is 12.1 Å². The number of carboxylic acid groups (broad SMARTS) is 2. The van der Waals surface area contributed by atoms with E-state index < -0.39 is 30.6 Å². The molecule has 0 saturated carbocycles. The van der Waals surface area contributed by atoms with Crippen molar-refractivity contribution in [2.24, 2.45) is 0 Å². The molecule has 0 radical (unpaired) electrons. The van der Waals surface area contributed by atoms with Crippen LogP contribution in [0.15, 0.2) is 30.3 Å². The molecule has 1 aromatic carbocycles. The van der Waals surface area contributed by atoms with Gasteiger partial charge in [0.05, 0.1) is 0 Å². The average molecular weight is 266 g/mol. The summed E-state index contributed by atoms with van der Waals surface area (Å²) in [6.07, 6.45) is -1.19. The number of amides is 2. The van der Waals surface area contributed by atoms with Crippen molar-refractivity contribution in [3.05, 3.63) is 35.9 Å². The van der Waals surface area contributed by atoms with Crippen LogP contribution in [0.3, 0.4) is 0 Å². The standard InChI is InChI=1S/C12H14N2O5/c15-10(16)7-13-11(17)9(14-12(18)19)6-8-4-2-1-3-5-8/h1-5,9,14H,6-7H2,(H,13,17)(H,15,16)(H,18,19)/t9-/m0/s1. The molecule has 4 N–H and O–H groups in total. The van der Waals surface area contributed by atoms with Crippen LogP contribution in [-0.2, 0) is 16.0 Å². The van der Waals surface area contributed by atoms with E-state index in [1.807, 2.05) is 0 Å². The summed E-state index contributed by atoms with van der Waals surface area (Å²) in [6.45, 7) is -0.550. The Morgan fingerprint density at radius 2 is 1.74 bits per heavy atom. The number of benzene rings is 1. The third-order valence-electron chi connectivity index (χ3n) is 2.31. The summed E-state index contributed by atoms with van der Waals surface area (Å²) in [5, 5.41) is 21.4. The summed E-state index contributed by atoms with van der Waals surface area (Å²) >= 11 is 0. The summed E-state index contributed by atoms with van der Waals surface area (Å²) in [7, 11) is 0. The van der Waals surface area contributed by atoms with Gasteiger partial charge in [-0.1, -0.05) is 30.3 Å². The Bertz CT molecular complexity index is 460. The van der Waals surface area contributed by atoms with E-state index in [1.165, 1.54) is 0 Å². The Morgan fingerprint density at radius 3 is 2.26 bits per heavy atom. The Hall–Kier alpha value is -2.57. The molecule has 1 rings (SSSR count). The van der Waals surface area contributed by atoms with Crippen LogP contribution in [0.25, 0.3) is 0 Å². The normalized spacial score (nSPS) is 11.4. The maximum Gasteiger partial charge on any atom is 0.405 e. The molecule has 1 atom stereocenters. The van der Waals surface area contributed by atoms with Crippen molar-refractivity contribution in [1.29, 1.82) is 0 Å². The zero-order chi connectivity index (χ0) is 14.3. The molecule has 0 saturated heterocycles. The van der Waals surface area contributed by atoms with E-state index >= 15 is 0 Å². The lowest BCUT2D eigenvalue weighted by Crippen LogP contribution is -2.48. The summed E-state index contributed by atoms with van der Waals surface area (Å²) in [6, 6.07) is 7.81. The highest BCUT2D eigenvalue weighted by Gasteiger charge is 2.21. The number of carbonyl (C=O) groups excluding carboxylic acids is 1. The highest BCUT2D eigenvalue weighted by atomic mass is 16.4. The number of aliphatic carboxylic acids is 1.